The molecule has 2 aromatic carbocycles. The van der Waals surface area contributed by atoms with Crippen LogP contribution < -0.4 is 10.1 Å². The maximum Gasteiger partial charge on any atom is 0.251 e. The number of hydrogen-bond donors (Lipinski definition) is 1. The first-order valence-electron chi connectivity index (χ1n) is 10.7. The van der Waals surface area contributed by atoms with Crippen LogP contribution in [0.15, 0.2) is 47.4 Å². The zero-order chi connectivity index (χ0) is 22.3. The number of aryl methyl sites for hydroxylation is 1. The fourth-order valence-corrected chi connectivity index (χ4v) is 5.41. The average molecular weight is 465 g/mol. The SMILES string of the molecule is Cc1ccc(C(=O)NCCCCOc2ccc(Cl)cc2)cc1S(=O)(=O)N1CCCCC1. The lowest BCUT2D eigenvalue weighted by molar-refractivity contribution is 0.0952. The normalized spacial score (nSPS) is 14.9. The van der Waals surface area contributed by atoms with Gasteiger partial charge in [-0.2, -0.15) is 4.31 Å². The summed E-state index contributed by atoms with van der Waals surface area (Å²) in [5.41, 5.74) is 1.01. The molecule has 0 atom stereocenters. The summed E-state index contributed by atoms with van der Waals surface area (Å²) in [5.74, 6) is 0.490. The van der Waals surface area contributed by atoms with E-state index in [2.05, 4.69) is 5.32 Å². The average Bonchev–Trinajstić information content (AvgIpc) is 2.78. The smallest absolute Gasteiger partial charge is 0.251 e. The molecule has 1 aliphatic heterocycles. The van der Waals surface area contributed by atoms with Crippen molar-refractivity contribution in [2.45, 2.75) is 43.9 Å². The van der Waals surface area contributed by atoms with Crippen LogP contribution in [-0.2, 0) is 10.0 Å². The molecule has 1 N–H and O–H groups in total. The molecule has 31 heavy (non-hydrogen) atoms. The van der Waals surface area contributed by atoms with Gasteiger partial charge in [-0.25, -0.2) is 8.42 Å². The van der Waals surface area contributed by atoms with E-state index in [1.54, 1.807) is 31.2 Å². The summed E-state index contributed by atoms with van der Waals surface area (Å²) in [7, 11) is -3.58. The number of piperidine rings is 1. The molecule has 2 aromatic rings. The van der Waals surface area contributed by atoms with Crippen LogP contribution in [0, 0.1) is 6.92 Å². The highest BCUT2D eigenvalue weighted by Crippen LogP contribution is 2.24. The van der Waals surface area contributed by atoms with Crippen LogP contribution in [0.25, 0.3) is 0 Å². The predicted molar refractivity (Wildman–Crippen MR) is 122 cm³/mol. The van der Waals surface area contributed by atoms with Crippen molar-refractivity contribution in [3.8, 4) is 5.75 Å². The zero-order valence-electron chi connectivity index (χ0n) is 17.8. The molecule has 0 unspecified atom stereocenters. The number of carbonyl (C=O) groups is 1. The van der Waals surface area contributed by atoms with Gasteiger partial charge in [0.1, 0.15) is 5.75 Å². The van der Waals surface area contributed by atoms with E-state index in [0.717, 1.165) is 37.9 Å². The minimum atomic E-state index is -3.58. The van der Waals surface area contributed by atoms with Crippen LogP contribution in [0.4, 0.5) is 0 Å². The van der Waals surface area contributed by atoms with Gasteiger partial charge in [-0.3, -0.25) is 4.79 Å². The van der Waals surface area contributed by atoms with Crippen molar-refractivity contribution in [1.29, 1.82) is 0 Å². The van der Waals surface area contributed by atoms with Gasteiger partial charge in [-0.1, -0.05) is 24.1 Å². The van der Waals surface area contributed by atoms with Gasteiger partial charge >= 0.3 is 0 Å². The molecule has 1 aliphatic rings. The Morgan fingerprint density at radius 2 is 1.77 bits per heavy atom. The van der Waals surface area contributed by atoms with Gasteiger partial charge in [0.15, 0.2) is 0 Å². The molecule has 0 bridgehead atoms. The molecular weight excluding hydrogens is 436 g/mol. The lowest BCUT2D eigenvalue weighted by Crippen LogP contribution is -2.36. The number of unbranched alkanes of at least 4 members (excludes halogenated alkanes) is 1. The zero-order valence-corrected chi connectivity index (χ0v) is 19.3. The van der Waals surface area contributed by atoms with E-state index in [1.807, 2.05) is 12.1 Å². The molecule has 1 amide bonds. The van der Waals surface area contributed by atoms with E-state index in [4.69, 9.17) is 16.3 Å². The maximum absolute atomic E-state index is 13.0. The van der Waals surface area contributed by atoms with Gasteiger partial charge in [-0.05, 0) is 74.6 Å². The maximum atomic E-state index is 13.0. The fourth-order valence-electron chi connectivity index (χ4n) is 3.52. The number of benzene rings is 2. The van der Waals surface area contributed by atoms with Crippen molar-refractivity contribution in [1.82, 2.24) is 9.62 Å². The van der Waals surface area contributed by atoms with Crippen molar-refractivity contribution >= 4 is 27.5 Å². The highest BCUT2D eigenvalue weighted by molar-refractivity contribution is 7.89. The van der Waals surface area contributed by atoms with Crippen LogP contribution in [0.3, 0.4) is 0 Å². The molecule has 8 heteroatoms. The summed E-state index contributed by atoms with van der Waals surface area (Å²) in [6.07, 6.45) is 4.34. The first-order chi connectivity index (χ1) is 14.9. The Kier molecular flexibility index (Phi) is 8.35. The van der Waals surface area contributed by atoms with E-state index < -0.39 is 10.0 Å². The van der Waals surface area contributed by atoms with E-state index in [0.29, 0.717) is 42.4 Å². The minimum Gasteiger partial charge on any atom is -0.494 e. The summed E-state index contributed by atoms with van der Waals surface area (Å²) in [5, 5.41) is 3.53. The second kappa shape index (κ2) is 11.0. The summed E-state index contributed by atoms with van der Waals surface area (Å²) in [6.45, 7) is 3.87. The second-order valence-corrected chi connectivity index (χ2v) is 10.1. The van der Waals surface area contributed by atoms with Gasteiger partial charge in [0.25, 0.3) is 5.91 Å². The molecule has 1 heterocycles. The highest BCUT2D eigenvalue weighted by atomic mass is 35.5. The van der Waals surface area contributed by atoms with Gasteiger partial charge in [0.2, 0.25) is 10.0 Å². The van der Waals surface area contributed by atoms with E-state index in [9.17, 15) is 13.2 Å². The third-order valence-electron chi connectivity index (χ3n) is 5.32. The summed E-state index contributed by atoms with van der Waals surface area (Å²) >= 11 is 5.85. The molecule has 1 fully saturated rings. The fraction of sp³-hybridized carbons (Fsp3) is 0.435. The largest absolute Gasteiger partial charge is 0.494 e. The van der Waals surface area contributed by atoms with Crippen molar-refractivity contribution < 1.29 is 17.9 Å². The van der Waals surface area contributed by atoms with Crippen molar-refractivity contribution in [3.05, 3.63) is 58.6 Å². The number of amides is 1. The summed E-state index contributed by atoms with van der Waals surface area (Å²) in [4.78, 5) is 12.8. The summed E-state index contributed by atoms with van der Waals surface area (Å²) in [6, 6.07) is 12.1. The van der Waals surface area contributed by atoms with Gasteiger partial charge in [0, 0.05) is 30.2 Å². The van der Waals surface area contributed by atoms with Crippen molar-refractivity contribution in [3.63, 3.8) is 0 Å². The van der Waals surface area contributed by atoms with Crippen LogP contribution in [0.5, 0.6) is 5.75 Å². The van der Waals surface area contributed by atoms with E-state index in [1.165, 1.54) is 10.4 Å². The van der Waals surface area contributed by atoms with Crippen LogP contribution in [0.2, 0.25) is 5.02 Å². The Labute approximate surface area is 189 Å². The lowest BCUT2D eigenvalue weighted by atomic mass is 10.1. The van der Waals surface area contributed by atoms with E-state index >= 15 is 0 Å². The second-order valence-electron chi connectivity index (χ2n) is 7.71. The van der Waals surface area contributed by atoms with Gasteiger partial charge in [-0.15, -0.1) is 0 Å². The van der Waals surface area contributed by atoms with E-state index in [-0.39, 0.29) is 10.8 Å². The molecule has 6 nitrogen and oxygen atoms in total. The number of nitrogens with one attached hydrogen (secondary N) is 1. The van der Waals surface area contributed by atoms with Crippen LogP contribution >= 0.6 is 11.6 Å². The van der Waals surface area contributed by atoms with Gasteiger partial charge < -0.3 is 10.1 Å². The predicted octanol–water partition coefficient (Wildman–Crippen LogP) is 4.41. The third-order valence-corrected chi connectivity index (χ3v) is 7.61. The number of rotatable bonds is 9. The lowest BCUT2D eigenvalue weighted by Gasteiger charge is -2.26. The van der Waals surface area contributed by atoms with Crippen molar-refractivity contribution in [2.24, 2.45) is 0 Å². The Hall–Kier alpha value is -2.09. The molecule has 1 saturated heterocycles. The van der Waals surface area contributed by atoms with Gasteiger partial charge in [0.05, 0.1) is 11.5 Å². The molecule has 0 radical (unpaired) electrons. The number of nitrogens with zero attached hydrogens (tertiary/aromatic N) is 1. The molecule has 168 valence electrons. The first-order valence-corrected chi connectivity index (χ1v) is 12.5. The minimum absolute atomic E-state index is 0.221. The number of hydrogen-bond acceptors (Lipinski definition) is 4. The molecule has 3 rings (SSSR count). The van der Waals surface area contributed by atoms with Crippen LogP contribution in [0.1, 0.15) is 48.0 Å². The molecule has 0 aromatic heterocycles. The Bertz CT molecular complexity index is 987. The number of ether oxygens (including phenoxy) is 1. The Morgan fingerprint density at radius 3 is 2.48 bits per heavy atom. The number of sulfonamides is 1. The standard InChI is InChI=1S/C23H29ClN2O4S/c1-18-7-8-19(17-22(18)31(28,29)26-14-4-2-5-15-26)23(27)25-13-3-6-16-30-21-11-9-20(24)10-12-21/h7-12,17H,2-6,13-16H2,1H3,(H,25,27). The first kappa shape index (κ1) is 23.6. The monoisotopic (exact) mass is 464 g/mol. The molecular formula is C23H29ClN2O4S. The third kappa shape index (κ3) is 6.45. The van der Waals surface area contributed by atoms with Crippen molar-refractivity contribution in [2.75, 3.05) is 26.2 Å². The van der Waals surface area contributed by atoms with Crippen LogP contribution in [-0.4, -0.2) is 44.9 Å². The quantitative estimate of drug-likeness (QED) is 0.557. The highest BCUT2D eigenvalue weighted by Gasteiger charge is 2.28. The Morgan fingerprint density at radius 1 is 1.06 bits per heavy atom. The molecule has 0 aliphatic carbocycles. The molecule has 0 spiro atoms. The molecule has 0 saturated carbocycles. The summed E-state index contributed by atoms with van der Waals surface area (Å²) < 4.78 is 33.2. The topological polar surface area (TPSA) is 75.7 Å². The Balaban J connectivity index is 1.50. The number of halogens is 1. The number of carbonyl (C=O) groups excluding carboxylic acids is 1.